The van der Waals surface area contributed by atoms with Crippen LogP contribution >= 0.6 is 0 Å². The zero-order chi connectivity index (χ0) is 15.8. The first-order valence-electron chi connectivity index (χ1n) is 7.39. The Morgan fingerprint density at radius 3 is 2.83 bits per heavy atom. The molecule has 0 aliphatic heterocycles. The van der Waals surface area contributed by atoms with Crippen molar-refractivity contribution in [3.63, 3.8) is 0 Å². The molecule has 0 atom stereocenters. The standard InChI is InChI=1S/C19H15NO3/c1-22-14-6-7-16-18(9-14)23-11-13(19(16)21)8-12-10-20-17-5-3-2-4-15(12)17/h2-7,9-11,20H,8H2,1H3. The molecule has 0 saturated carbocycles. The SMILES string of the molecule is COc1ccc2c(=O)c(Cc3c[nH]c4ccccc34)coc2c1. The molecule has 2 aromatic heterocycles. The monoisotopic (exact) mass is 305 g/mol. The van der Waals surface area contributed by atoms with E-state index in [2.05, 4.69) is 11.1 Å². The van der Waals surface area contributed by atoms with Gasteiger partial charge in [-0.15, -0.1) is 0 Å². The van der Waals surface area contributed by atoms with Crippen LogP contribution in [0.1, 0.15) is 11.1 Å². The second-order valence-corrected chi connectivity index (χ2v) is 5.49. The Morgan fingerprint density at radius 2 is 1.96 bits per heavy atom. The Balaban J connectivity index is 1.80. The van der Waals surface area contributed by atoms with Crippen molar-refractivity contribution in [2.75, 3.05) is 7.11 Å². The zero-order valence-corrected chi connectivity index (χ0v) is 12.6. The minimum atomic E-state index is -0.000755. The number of aromatic amines is 1. The summed E-state index contributed by atoms with van der Waals surface area (Å²) in [7, 11) is 1.59. The maximum atomic E-state index is 12.7. The fourth-order valence-electron chi connectivity index (χ4n) is 2.88. The number of nitrogens with one attached hydrogen (secondary N) is 1. The molecule has 23 heavy (non-hydrogen) atoms. The molecule has 0 fully saturated rings. The molecule has 0 bridgehead atoms. The molecular formula is C19H15NO3. The van der Waals surface area contributed by atoms with Gasteiger partial charge in [0.1, 0.15) is 11.3 Å². The molecule has 2 aromatic carbocycles. The third-order valence-corrected chi connectivity index (χ3v) is 4.11. The molecule has 0 amide bonds. The van der Waals surface area contributed by atoms with Crippen LogP contribution in [-0.2, 0) is 6.42 Å². The van der Waals surface area contributed by atoms with Crippen molar-refractivity contribution < 1.29 is 9.15 Å². The van der Waals surface area contributed by atoms with Crippen molar-refractivity contribution in [1.29, 1.82) is 0 Å². The average Bonchev–Trinajstić information content (AvgIpc) is 3.00. The van der Waals surface area contributed by atoms with Crippen LogP contribution in [0, 0.1) is 0 Å². The molecule has 1 N–H and O–H groups in total. The lowest BCUT2D eigenvalue weighted by Gasteiger charge is -2.04. The Bertz CT molecular complexity index is 1060. The number of benzene rings is 2. The van der Waals surface area contributed by atoms with E-state index in [0.717, 1.165) is 16.5 Å². The predicted molar refractivity (Wildman–Crippen MR) is 90.1 cm³/mol. The summed E-state index contributed by atoms with van der Waals surface area (Å²) in [4.78, 5) is 15.9. The number of aromatic nitrogens is 1. The summed E-state index contributed by atoms with van der Waals surface area (Å²) in [5.41, 5.74) is 3.34. The lowest BCUT2D eigenvalue weighted by molar-refractivity contribution is 0.414. The lowest BCUT2D eigenvalue weighted by atomic mass is 10.0. The van der Waals surface area contributed by atoms with Crippen molar-refractivity contribution in [3.05, 3.63) is 76.3 Å². The number of hydrogen-bond donors (Lipinski definition) is 1. The molecule has 0 aliphatic carbocycles. The number of H-pyrrole nitrogens is 1. The highest BCUT2D eigenvalue weighted by Gasteiger charge is 2.11. The molecular weight excluding hydrogens is 290 g/mol. The highest BCUT2D eigenvalue weighted by molar-refractivity contribution is 5.84. The molecule has 4 rings (SSSR count). The average molecular weight is 305 g/mol. The molecule has 0 radical (unpaired) electrons. The number of rotatable bonds is 3. The second-order valence-electron chi connectivity index (χ2n) is 5.49. The van der Waals surface area contributed by atoms with Crippen molar-refractivity contribution in [2.24, 2.45) is 0 Å². The van der Waals surface area contributed by atoms with E-state index in [1.807, 2.05) is 24.4 Å². The Hall–Kier alpha value is -3.01. The van der Waals surface area contributed by atoms with E-state index in [1.165, 1.54) is 0 Å². The third kappa shape index (κ3) is 2.28. The molecule has 4 nitrogen and oxygen atoms in total. The van der Waals surface area contributed by atoms with Crippen LogP contribution in [0.3, 0.4) is 0 Å². The fraction of sp³-hybridized carbons (Fsp3) is 0.105. The normalized spacial score (nSPS) is 11.2. The van der Waals surface area contributed by atoms with Gasteiger partial charge in [-0.05, 0) is 23.8 Å². The summed E-state index contributed by atoms with van der Waals surface area (Å²) < 4.78 is 10.8. The molecule has 4 aromatic rings. The van der Waals surface area contributed by atoms with Gasteiger partial charge in [0.25, 0.3) is 0 Å². The van der Waals surface area contributed by atoms with Crippen LogP contribution in [0.25, 0.3) is 21.9 Å². The van der Waals surface area contributed by atoms with Gasteiger partial charge in [-0.3, -0.25) is 4.79 Å². The van der Waals surface area contributed by atoms with Gasteiger partial charge in [-0.25, -0.2) is 0 Å². The second kappa shape index (κ2) is 5.32. The Labute approximate surface area is 132 Å². The van der Waals surface area contributed by atoms with Gasteiger partial charge >= 0.3 is 0 Å². The third-order valence-electron chi connectivity index (χ3n) is 4.11. The van der Waals surface area contributed by atoms with E-state index in [1.54, 1.807) is 31.6 Å². The van der Waals surface area contributed by atoms with E-state index < -0.39 is 0 Å². The molecule has 0 spiro atoms. The van der Waals surface area contributed by atoms with Crippen molar-refractivity contribution in [2.45, 2.75) is 6.42 Å². The first-order valence-corrected chi connectivity index (χ1v) is 7.39. The number of ether oxygens (including phenoxy) is 1. The Morgan fingerprint density at radius 1 is 1.09 bits per heavy atom. The first kappa shape index (κ1) is 13.6. The van der Waals surface area contributed by atoms with Gasteiger partial charge in [0.05, 0.1) is 18.8 Å². The minimum absolute atomic E-state index is 0.000755. The van der Waals surface area contributed by atoms with E-state index in [4.69, 9.17) is 9.15 Å². The van der Waals surface area contributed by atoms with Crippen LogP contribution in [0.2, 0.25) is 0 Å². The van der Waals surface area contributed by atoms with Crippen molar-refractivity contribution in [3.8, 4) is 5.75 Å². The largest absolute Gasteiger partial charge is 0.497 e. The summed E-state index contributed by atoms with van der Waals surface area (Å²) in [6, 6.07) is 13.3. The number of hydrogen-bond acceptors (Lipinski definition) is 3. The van der Waals surface area contributed by atoms with Gasteiger partial charge in [0, 0.05) is 35.2 Å². The maximum Gasteiger partial charge on any atom is 0.196 e. The van der Waals surface area contributed by atoms with Gasteiger partial charge in [0.2, 0.25) is 0 Å². The smallest absolute Gasteiger partial charge is 0.196 e. The van der Waals surface area contributed by atoms with E-state index in [-0.39, 0.29) is 5.43 Å². The van der Waals surface area contributed by atoms with Gasteiger partial charge in [0.15, 0.2) is 5.43 Å². The Kier molecular flexibility index (Phi) is 3.15. The number of methoxy groups -OCH3 is 1. The molecule has 4 heteroatoms. The van der Waals surface area contributed by atoms with Crippen molar-refractivity contribution in [1.82, 2.24) is 4.98 Å². The van der Waals surface area contributed by atoms with Crippen LogP contribution in [0.4, 0.5) is 0 Å². The van der Waals surface area contributed by atoms with Crippen molar-refractivity contribution >= 4 is 21.9 Å². The van der Waals surface area contributed by atoms with E-state index in [9.17, 15) is 4.79 Å². The zero-order valence-electron chi connectivity index (χ0n) is 12.6. The minimum Gasteiger partial charge on any atom is -0.497 e. The molecule has 0 aliphatic rings. The highest BCUT2D eigenvalue weighted by atomic mass is 16.5. The summed E-state index contributed by atoms with van der Waals surface area (Å²) in [6.45, 7) is 0. The molecule has 114 valence electrons. The summed E-state index contributed by atoms with van der Waals surface area (Å²) in [5, 5.41) is 1.70. The molecule has 0 saturated heterocycles. The van der Waals surface area contributed by atoms with E-state index in [0.29, 0.717) is 28.7 Å². The quantitative estimate of drug-likeness (QED) is 0.625. The highest BCUT2D eigenvalue weighted by Crippen LogP contribution is 2.22. The van der Waals surface area contributed by atoms with Gasteiger partial charge in [-0.1, -0.05) is 18.2 Å². The molecule has 0 unspecified atom stereocenters. The van der Waals surface area contributed by atoms with Crippen LogP contribution in [-0.4, -0.2) is 12.1 Å². The molecule has 2 heterocycles. The summed E-state index contributed by atoms with van der Waals surface area (Å²) in [6.07, 6.45) is 4.03. The number of para-hydroxylation sites is 1. The lowest BCUT2D eigenvalue weighted by Crippen LogP contribution is -2.09. The van der Waals surface area contributed by atoms with Gasteiger partial charge in [-0.2, -0.15) is 0 Å². The number of fused-ring (bicyclic) bond motifs is 2. The summed E-state index contributed by atoms with van der Waals surface area (Å²) in [5.74, 6) is 0.671. The fourth-order valence-corrected chi connectivity index (χ4v) is 2.88. The van der Waals surface area contributed by atoms with Crippen LogP contribution < -0.4 is 10.2 Å². The predicted octanol–water partition coefficient (Wildman–Crippen LogP) is 3.87. The first-order chi connectivity index (χ1) is 11.3. The van der Waals surface area contributed by atoms with Crippen LogP contribution in [0.15, 0.2) is 64.1 Å². The van der Waals surface area contributed by atoms with Gasteiger partial charge < -0.3 is 14.1 Å². The van der Waals surface area contributed by atoms with Crippen LogP contribution in [0.5, 0.6) is 5.75 Å². The topological polar surface area (TPSA) is 55.2 Å². The van der Waals surface area contributed by atoms with E-state index >= 15 is 0 Å². The summed E-state index contributed by atoms with van der Waals surface area (Å²) >= 11 is 0. The maximum absolute atomic E-state index is 12.7.